The maximum atomic E-state index is 12.7. The fourth-order valence-corrected chi connectivity index (χ4v) is 4.31. The van der Waals surface area contributed by atoms with Gasteiger partial charge in [0.2, 0.25) is 0 Å². The van der Waals surface area contributed by atoms with Crippen LogP contribution >= 0.6 is 11.3 Å². The van der Waals surface area contributed by atoms with E-state index in [1.165, 1.54) is 10.9 Å². The number of nitrogens with two attached hydrogens (primary N) is 1. The van der Waals surface area contributed by atoms with Crippen LogP contribution in [-0.4, -0.2) is 46.9 Å². The van der Waals surface area contributed by atoms with Crippen molar-refractivity contribution in [1.29, 1.82) is 0 Å². The van der Waals surface area contributed by atoms with Gasteiger partial charge in [0.25, 0.3) is 5.56 Å². The van der Waals surface area contributed by atoms with Crippen molar-refractivity contribution in [2.24, 2.45) is 0 Å². The van der Waals surface area contributed by atoms with Crippen molar-refractivity contribution in [2.75, 3.05) is 36.9 Å². The first kappa shape index (κ1) is 17.5. The fraction of sp³-hybridized carbons (Fsp3) is 0.278. The number of hydrogen-bond donors (Lipinski definition) is 2. The van der Waals surface area contributed by atoms with Gasteiger partial charge >= 0.3 is 5.97 Å². The van der Waals surface area contributed by atoms with Gasteiger partial charge in [-0.25, -0.2) is 9.78 Å². The second-order valence-electron chi connectivity index (χ2n) is 6.23. The van der Waals surface area contributed by atoms with Crippen LogP contribution in [0, 0.1) is 0 Å². The quantitative estimate of drug-likeness (QED) is 0.701. The summed E-state index contributed by atoms with van der Waals surface area (Å²) >= 11 is 1.14. The molecule has 2 aromatic heterocycles. The maximum Gasteiger partial charge on any atom is 0.346 e. The molecule has 4 rings (SSSR count). The molecule has 1 aromatic carbocycles. The number of carbonyl (C=O) groups is 1. The van der Waals surface area contributed by atoms with Gasteiger partial charge in [0.05, 0.1) is 42.7 Å². The first-order chi connectivity index (χ1) is 13.1. The number of benzene rings is 1. The number of anilines is 2. The molecule has 3 heterocycles. The van der Waals surface area contributed by atoms with E-state index in [4.69, 9.17) is 10.5 Å². The number of ether oxygens (including phenoxy) is 1. The van der Waals surface area contributed by atoms with E-state index >= 15 is 0 Å². The lowest BCUT2D eigenvalue weighted by atomic mass is 10.2. The summed E-state index contributed by atoms with van der Waals surface area (Å²) in [5.41, 5.74) is 7.53. The Kier molecular flexibility index (Phi) is 4.54. The number of hydrogen-bond acceptors (Lipinski definition) is 7. The summed E-state index contributed by atoms with van der Waals surface area (Å²) in [4.78, 5) is 31.0. The Balaban J connectivity index is 1.77. The number of rotatable bonds is 4. The van der Waals surface area contributed by atoms with Crippen LogP contribution in [0.25, 0.3) is 10.9 Å². The Labute approximate surface area is 158 Å². The molecule has 1 aliphatic rings. The minimum atomic E-state index is -1.05. The molecule has 9 heteroatoms. The van der Waals surface area contributed by atoms with E-state index in [9.17, 15) is 14.7 Å². The minimum absolute atomic E-state index is 0.0605. The highest BCUT2D eigenvalue weighted by molar-refractivity contribution is 7.18. The molecule has 8 nitrogen and oxygen atoms in total. The Morgan fingerprint density at radius 3 is 2.78 bits per heavy atom. The van der Waals surface area contributed by atoms with Gasteiger partial charge in [-0.3, -0.25) is 9.36 Å². The zero-order valence-electron chi connectivity index (χ0n) is 14.4. The predicted molar refractivity (Wildman–Crippen MR) is 104 cm³/mol. The van der Waals surface area contributed by atoms with Gasteiger partial charge in [-0.1, -0.05) is 12.1 Å². The summed E-state index contributed by atoms with van der Waals surface area (Å²) in [6.45, 7) is 2.51. The molecule has 3 N–H and O–H groups in total. The lowest BCUT2D eigenvalue weighted by Crippen LogP contribution is -2.36. The lowest BCUT2D eigenvalue weighted by molar-refractivity contribution is 0.0701. The van der Waals surface area contributed by atoms with E-state index in [-0.39, 0.29) is 17.0 Å². The summed E-state index contributed by atoms with van der Waals surface area (Å²) in [6.07, 6.45) is 1.43. The summed E-state index contributed by atoms with van der Waals surface area (Å²) in [6, 6.07) is 7.05. The van der Waals surface area contributed by atoms with Gasteiger partial charge in [0, 0.05) is 18.7 Å². The monoisotopic (exact) mass is 386 g/mol. The van der Waals surface area contributed by atoms with Gasteiger partial charge < -0.3 is 20.5 Å². The highest BCUT2D eigenvalue weighted by Gasteiger charge is 2.25. The zero-order chi connectivity index (χ0) is 19.0. The first-order valence-electron chi connectivity index (χ1n) is 8.47. The molecule has 0 amide bonds. The molecular weight excluding hydrogens is 368 g/mol. The third kappa shape index (κ3) is 3.15. The van der Waals surface area contributed by atoms with Crippen LogP contribution in [0.5, 0.6) is 0 Å². The third-order valence-electron chi connectivity index (χ3n) is 4.58. The van der Waals surface area contributed by atoms with E-state index < -0.39 is 5.97 Å². The van der Waals surface area contributed by atoms with Crippen molar-refractivity contribution >= 4 is 38.9 Å². The van der Waals surface area contributed by atoms with Crippen LogP contribution in [0.1, 0.15) is 15.2 Å². The average Bonchev–Trinajstić information content (AvgIpc) is 3.01. The van der Waals surface area contributed by atoms with E-state index in [2.05, 4.69) is 4.98 Å². The topological polar surface area (TPSA) is 111 Å². The van der Waals surface area contributed by atoms with Gasteiger partial charge in [0.1, 0.15) is 9.88 Å². The molecule has 1 fully saturated rings. The van der Waals surface area contributed by atoms with Crippen LogP contribution in [0.4, 0.5) is 10.7 Å². The van der Waals surface area contributed by atoms with Crippen molar-refractivity contribution < 1.29 is 14.6 Å². The molecule has 1 aliphatic heterocycles. The van der Waals surface area contributed by atoms with Crippen molar-refractivity contribution in [1.82, 2.24) is 9.55 Å². The normalized spacial score (nSPS) is 14.6. The Morgan fingerprint density at radius 1 is 1.30 bits per heavy atom. The van der Waals surface area contributed by atoms with E-state index in [1.807, 2.05) is 11.0 Å². The molecule has 0 radical (unpaired) electrons. The first-order valence-corrected chi connectivity index (χ1v) is 9.29. The summed E-state index contributed by atoms with van der Waals surface area (Å²) in [5.74, 6) is -1.05. The molecule has 0 aliphatic carbocycles. The average molecular weight is 386 g/mol. The molecular formula is C18H18N4O4S. The van der Waals surface area contributed by atoms with Crippen molar-refractivity contribution in [3.8, 4) is 0 Å². The number of aromatic nitrogens is 2. The number of thiophene rings is 1. The Morgan fingerprint density at radius 2 is 2.04 bits per heavy atom. The van der Waals surface area contributed by atoms with Crippen LogP contribution in [0.15, 0.2) is 35.4 Å². The molecule has 0 spiro atoms. The largest absolute Gasteiger partial charge is 0.477 e. The van der Waals surface area contributed by atoms with Crippen LogP contribution in [0.3, 0.4) is 0 Å². The van der Waals surface area contributed by atoms with Gasteiger partial charge in [-0.15, -0.1) is 11.3 Å². The summed E-state index contributed by atoms with van der Waals surface area (Å²) < 4.78 is 6.75. The van der Waals surface area contributed by atoms with E-state index in [0.717, 1.165) is 11.3 Å². The number of morpholine rings is 1. The second kappa shape index (κ2) is 7.01. The highest BCUT2D eigenvalue weighted by Crippen LogP contribution is 2.39. The SMILES string of the molecule is Nc1c(N2CCOCC2)sc(C(=O)O)c1Cn1cnc2ccccc2c1=O. The molecule has 0 bridgehead atoms. The fourth-order valence-electron chi connectivity index (χ4n) is 3.18. The number of nitrogens with zero attached hydrogens (tertiary/aromatic N) is 3. The molecule has 0 saturated carbocycles. The van der Waals surface area contributed by atoms with Crippen LogP contribution in [-0.2, 0) is 11.3 Å². The molecule has 27 heavy (non-hydrogen) atoms. The number of carboxylic acid groups (broad SMARTS) is 1. The number of carboxylic acids is 1. The van der Waals surface area contributed by atoms with E-state index in [1.54, 1.807) is 18.2 Å². The number of para-hydroxylation sites is 1. The predicted octanol–water partition coefficient (Wildman–Crippen LogP) is 1.62. The number of fused-ring (bicyclic) bond motifs is 1. The standard InChI is InChI=1S/C18H18N4O4S/c19-14-12(9-22-10-20-13-4-2-1-3-11(13)16(22)23)15(18(24)25)27-17(14)21-5-7-26-8-6-21/h1-4,10H,5-9,19H2,(H,24,25). The lowest BCUT2D eigenvalue weighted by Gasteiger charge is -2.28. The van der Waals surface area contributed by atoms with Gasteiger partial charge in [0.15, 0.2) is 0 Å². The second-order valence-corrected chi connectivity index (χ2v) is 7.23. The van der Waals surface area contributed by atoms with Gasteiger partial charge in [-0.05, 0) is 12.1 Å². The Bertz CT molecular complexity index is 1070. The number of aromatic carboxylic acids is 1. The maximum absolute atomic E-state index is 12.7. The molecule has 0 unspecified atom stereocenters. The zero-order valence-corrected chi connectivity index (χ0v) is 15.2. The van der Waals surface area contributed by atoms with Crippen LogP contribution in [0.2, 0.25) is 0 Å². The third-order valence-corrected chi connectivity index (χ3v) is 5.88. The molecule has 3 aromatic rings. The minimum Gasteiger partial charge on any atom is -0.477 e. The van der Waals surface area contributed by atoms with Crippen LogP contribution < -0.4 is 16.2 Å². The molecule has 140 valence electrons. The Hall–Kier alpha value is -2.91. The van der Waals surface area contributed by atoms with Gasteiger partial charge in [-0.2, -0.15) is 0 Å². The van der Waals surface area contributed by atoms with Crippen molar-refractivity contribution in [2.45, 2.75) is 6.54 Å². The smallest absolute Gasteiger partial charge is 0.346 e. The number of nitrogen functional groups attached to an aromatic ring is 1. The molecule has 1 saturated heterocycles. The van der Waals surface area contributed by atoms with Crippen molar-refractivity contribution in [3.63, 3.8) is 0 Å². The molecule has 0 atom stereocenters. The summed E-state index contributed by atoms with van der Waals surface area (Å²) in [5, 5.41) is 10.8. The van der Waals surface area contributed by atoms with E-state index in [0.29, 0.717) is 53.5 Å². The highest BCUT2D eigenvalue weighted by atomic mass is 32.1. The summed E-state index contributed by atoms with van der Waals surface area (Å²) in [7, 11) is 0. The van der Waals surface area contributed by atoms with Crippen molar-refractivity contribution in [3.05, 3.63) is 51.4 Å².